The van der Waals surface area contributed by atoms with Gasteiger partial charge in [0.1, 0.15) is 0 Å². The zero-order valence-corrected chi connectivity index (χ0v) is 10.3. The van der Waals surface area contributed by atoms with Crippen molar-refractivity contribution in [3.8, 4) is 0 Å². The number of hydrogen-bond acceptors (Lipinski definition) is 1. The van der Waals surface area contributed by atoms with Gasteiger partial charge in [0, 0.05) is 28.1 Å². The van der Waals surface area contributed by atoms with Crippen molar-refractivity contribution < 1.29 is 5.11 Å². The van der Waals surface area contributed by atoms with E-state index in [1.54, 1.807) is 0 Å². The molecule has 15 heavy (non-hydrogen) atoms. The molecule has 2 rings (SSSR count). The van der Waals surface area contributed by atoms with Crippen LogP contribution in [0.1, 0.15) is 12.5 Å². The first-order valence-electron chi connectivity index (χ1n) is 5.14. The highest BCUT2D eigenvalue weighted by Crippen LogP contribution is 2.25. The molecule has 0 spiro atoms. The Morgan fingerprint density at radius 1 is 1.40 bits per heavy atom. The van der Waals surface area contributed by atoms with Gasteiger partial charge >= 0.3 is 0 Å². The highest BCUT2D eigenvalue weighted by atomic mass is 79.9. The van der Waals surface area contributed by atoms with Crippen LogP contribution in [-0.2, 0) is 13.0 Å². The smallest absolute Gasteiger partial charge is 0.0610 e. The molecule has 1 N–H and O–H groups in total. The molecule has 1 heterocycles. The summed E-state index contributed by atoms with van der Waals surface area (Å²) in [4.78, 5) is 0. The number of aliphatic hydroxyl groups excluding tert-OH is 1. The minimum atomic E-state index is 0.184. The van der Waals surface area contributed by atoms with Crippen molar-refractivity contribution in [2.75, 3.05) is 6.61 Å². The summed E-state index contributed by atoms with van der Waals surface area (Å²) in [6, 6.07) is 6.27. The molecule has 1 aromatic carbocycles. The largest absolute Gasteiger partial charge is 0.395 e. The summed E-state index contributed by atoms with van der Waals surface area (Å²) in [5.74, 6) is 0. The molecule has 0 bridgehead atoms. The van der Waals surface area contributed by atoms with Crippen molar-refractivity contribution in [2.45, 2.75) is 19.9 Å². The number of benzene rings is 1. The number of fused-ring (bicyclic) bond motifs is 1. The zero-order valence-electron chi connectivity index (χ0n) is 8.70. The van der Waals surface area contributed by atoms with Crippen molar-refractivity contribution in [3.63, 3.8) is 0 Å². The average Bonchev–Trinajstić information content (AvgIpc) is 2.56. The van der Waals surface area contributed by atoms with Crippen molar-refractivity contribution >= 4 is 26.8 Å². The number of rotatable bonds is 3. The molecule has 1 aromatic heterocycles. The van der Waals surface area contributed by atoms with Gasteiger partial charge in [-0.1, -0.05) is 22.9 Å². The van der Waals surface area contributed by atoms with Crippen LogP contribution in [0.15, 0.2) is 28.9 Å². The van der Waals surface area contributed by atoms with Crippen molar-refractivity contribution in [1.29, 1.82) is 0 Å². The van der Waals surface area contributed by atoms with Crippen LogP contribution in [0.3, 0.4) is 0 Å². The summed E-state index contributed by atoms with van der Waals surface area (Å²) in [7, 11) is 0. The third kappa shape index (κ3) is 1.94. The van der Waals surface area contributed by atoms with Gasteiger partial charge < -0.3 is 9.67 Å². The Labute approximate surface area is 97.7 Å². The van der Waals surface area contributed by atoms with E-state index >= 15 is 0 Å². The van der Waals surface area contributed by atoms with Gasteiger partial charge in [-0.3, -0.25) is 0 Å². The minimum absolute atomic E-state index is 0.184. The average molecular weight is 268 g/mol. The first-order chi connectivity index (χ1) is 7.26. The highest BCUT2D eigenvalue weighted by molar-refractivity contribution is 9.10. The van der Waals surface area contributed by atoms with E-state index in [0.29, 0.717) is 6.54 Å². The van der Waals surface area contributed by atoms with Crippen LogP contribution < -0.4 is 0 Å². The predicted octanol–water partition coefficient (Wildman–Crippen LogP) is 2.96. The first-order valence-corrected chi connectivity index (χ1v) is 5.93. The fraction of sp³-hybridized carbons (Fsp3) is 0.333. The van der Waals surface area contributed by atoms with E-state index in [2.05, 4.69) is 45.8 Å². The molecule has 80 valence electrons. The molecule has 0 saturated heterocycles. The van der Waals surface area contributed by atoms with Gasteiger partial charge in [-0.25, -0.2) is 0 Å². The summed E-state index contributed by atoms with van der Waals surface area (Å²) in [5.41, 5.74) is 2.53. The Kier molecular flexibility index (Phi) is 3.12. The highest BCUT2D eigenvalue weighted by Gasteiger charge is 2.06. The Morgan fingerprint density at radius 3 is 2.87 bits per heavy atom. The molecule has 0 aliphatic rings. The lowest BCUT2D eigenvalue weighted by molar-refractivity contribution is 0.278. The maximum absolute atomic E-state index is 8.99. The maximum Gasteiger partial charge on any atom is 0.0610 e. The number of aromatic nitrogens is 1. The molecule has 0 unspecified atom stereocenters. The van der Waals surface area contributed by atoms with Crippen molar-refractivity contribution in [2.24, 2.45) is 0 Å². The molecule has 0 fully saturated rings. The van der Waals surface area contributed by atoms with E-state index in [4.69, 9.17) is 5.11 Å². The van der Waals surface area contributed by atoms with Crippen molar-refractivity contribution in [1.82, 2.24) is 4.57 Å². The topological polar surface area (TPSA) is 25.2 Å². The number of halogens is 1. The third-order valence-electron chi connectivity index (χ3n) is 2.65. The monoisotopic (exact) mass is 267 g/mol. The van der Waals surface area contributed by atoms with Gasteiger partial charge in [0.25, 0.3) is 0 Å². The molecule has 3 heteroatoms. The Bertz CT molecular complexity index is 476. The third-order valence-corrected chi connectivity index (χ3v) is 3.14. The summed E-state index contributed by atoms with van der Waals surface area (Å²) in [5, 5.41) is 10.3. The summed E-state index contributed by atoms with van der Waals surface area (Å²) < 4.78 is 3.21. The van der Waals surface area contributed by atoms with Crippen LogP contribution in [0.25, 0.3) is 10.9 Å². The van der Waals surface area contributed by atoms with Gasteiger partial charge in [0.2, 0.25) is 0 Å². The second-order valence-corrected chi connectivity index (χ2v) is 4.50. The van der Waals surface area contributed by atoms with Crippen LogP contribution in [0.2, 0.25) is 0 Å². The van der Waals surface area contributed by atoms with E-state index in [0.717, 1.165) is 10.9 Å². The molecule has 0 radical (unpaired) electrons. The van der Waals surface area contributed by atoms with E-state index in [-0.39, 0.29) is 6.61 Å². The van der Waals surface area contributed by atoms with Crippen LogP contribution >= 0.6 is 15.9 Å². The molecule has 0 aliphatic heterocycles. The maximum atomic E-state index is 8.99. The molecular formula is C12H14BrNO. The zero-order chi connectivity index (χ0) is 10.8. The fourth-order valence-electron chi connectivity index (χ4n) is 1.92. The van der Waals surface area contributed by atoms with Gasteiger partial charge in [0.05, 0.1) is 6.61 Å². The summed E-state index contributed by atoms with van der Waals surface area (Å²) in [6.45, 7) is 3.00. The number of aliphatic hydroxyl groups is 1. The van der Waals surface area contributed by atoms with Crippen LogP contribution in [0, 0.1) is 0 Å². The normalized spacial score (nSPS) is 11.1. The van der Waals surface area contributed by atoms with E-state index in [1.165, 1.54) is 16.5 Å². The minimum Gasteiger partial charge on any atom is -0.395 e. The lowest BCUT2D eigenvalue weighted by Gasteiger charge is -2.01. The lowest BCUT2D eigenvalue weighted by atomic mass is 10.1. The Morgan fingerprint density at radius 2 is 2.20 bits per heavy atom. The molecule has 0 atom stereocenters. The lowest BCUT2D eigenvalue weighted by Crippen LogP contribution is -1.99. The second kappa shape index (κ2) is 4.37. The van der Waals surface area contributed by atoms with E-state index in [9.17, 15) is 0 Å². The van der Waals surface area contributed by atoms with Gasteiger partial charge in [-0.2, -0.15) is 0 Å². The Balaban J connectivity index is 2.64. The van der Waals surface area contributed by atoms with E-state index in [1.807, 2.05) is 6.07 Å². The van der Waals surface area contributed by atoms with E-state index < -0.39 is 0 Å². The number of nitrogens with zero attached hydrogens (tertiary/aromatic N) is 1. The molecule has 0 saturated carbocycles. The number of hydrogen-bond donors (Lipinski definition) is 1. The fourth-order valence-corrected chi connectivity index (χ4v) is 2.28. The van der Waals surface area contributed by atoms with Crippen LogP contribution in [-0.4, -0.2) is 16.3 Å². The second-order valence-electron chi connectivity index (χ2n) is 3.59. The molecule has 2 nitrogen and oxygen atoms in total. The SMILES string of the molecule is CCc1cn(CCO)c2ccc(Br)cc12. The van der Waals surface area contributed by atoms with Gasteiger partial charge in [-0.05, 0) is 30.2 Å². The van der Waals surface area contributed by atoms with Crippen LogP contribution in [0.4, 0.5) is 0 Å². The van der Waals surface area contributed by atoms with Crippen molar-refractivity contribution in [3.05, 3.63) is 34.4 Å². The van der Waals surface area contributed by atoms with Gasteiger partial charge in [-0.15, -0.1) is 0 Å². The predicted molar refractivity (Wildman–Crippen MR) is 66.1 cm³/mol. The van der Waals surface area contributed by atoms with Crippen LogP contribution in [0.5, 0.6) is 0 Å². The Hall–Kier alpha value is -0.800. The molecular weight excluding hydrogens is 254 g/mol. The molecule has 0 amide bonds. The summed E-state index contributed by atoms with van der Waals surface area (Å²) in [6.07, 6.45) is 3.15. The summed E-state index contributed by atoms with van der Waals surface area (Å²) >= 11 is 3.49. The number of aryl methyl sites for hydroxylation is 1. The quantitative estimate of drug-likeness (QED) is 0.909. The van der Waals surface area contributed by atoms with Gasteiger partial charge in [0.15, 0.2) is 0 Å². The molecule has 2 aromatic rings. The first kappa shape index (κ1) is 10.7. The molecule has 0 aliphatic carbocycles. The standard InChI is InChI=1S/C12H14BrNO/c1-2-9-8-14(5-6-15)12-4-3-10(13)7-11(9)12/h3-4,7-8,15H,2,5-6H2,1H3.